The molecule has 4 atom stereocenters. The topological polar surface area (TPSA) is 41.1 Å². The van der Waals surface area contributed by atoms with Crippen molar-refractivity contribution in [2.24, 2.45) is 17.8 Å². The third-order valence-corrected chi connectivity index (χ3v) is 3.29. The second kappa shape index (κ2) is 3.29. The predicted molar refractivity (Wildman–Crippen MR) is 51.2 cm³/mol. The maximum atomic E-state index is 11.6. The van der Waals surface area contributed by atoms with E-state index in [0.29, 0.717) is 23.8 Å². The van der Waals surface area contributed by atoms with Gasteiger partial charge in [-0.15, -0.1) is 0 Å². The molecule has 1 aliphatic carbocycles. The van der Waals surface area contributed by atoms with Crippen molar-refractivity contribution in [2.45, 2.75) is 26.3 Å². The van der Waals surface area contributed by atoms with Crippen LogP contribution in [0.3, 0.4) is 0 Å². The summed E-state index contributed by atoms with van der Waals surface area (Å²) in [6.07, 6.45) is 1.08. The van der Waals surface area contributed by atoms with Crippen LogP contribution in [0.2, 0.25) is 0 Å². The molecular weight excluding hydrogens is 164 g/mol. The average Bonchev–Trinajstić information content (AvgIpc) is 2.68. The largest absolute Gasteiger partial charge is 0.352 e. The number of hydrogen-bond acceptors (Lipinski definition) is 2. The first-order chi connectivity index (χ1) is 6.18. The van der Waals surface area contributed by atoms with Gasteiger partial charge in [0.05, 0.1) is 0 Å². The van der Waals surface area contributed by atoms with Crippen LogP contribution < -0.4 is 10.6 Å². The predicted octanol–water partition coefficient (Wildman–Crippen LogP) is 0.366. The van der Waals surface area contributed by atoms with Crippen LogP contribution in [-0.4, -0.2) is 25.0 Å². The van der Waals surface area contributed by atoms with Gasteiger partial charge in [0.2, 0.25) is 5.91 Å². The monoisotopic (exact) mass is 182 g/mol. The molecule has 1 saturated carbocycles. The molecule has 2 N–H and O–H groups in total. The minimum Gasteiger partial charge on any atom is -0.352 e. The van der Waals surface area contributed by atoms with E-state index in [1.54, 1.807) is 0 Å². The molecule has 3 heteroatoms. The minimum absolute atomic E-state index is 0.271. The van der Waals surface area contributed by atoms with Crippen LogP contribution in [0.25, 0.3) is 0 Å². The molecule has 2 aliphatic rings. The van der Waals surface area contributed by atoms with E-state index in [9.17, 15) is 4.79 Å². The summed E-state index contributed by atoms with van der Waals surface area (Å²) in [5.74, 6) is 1.78. The first-order valence-electron chi connectivity index (χ1n) is 5.19. The van der Waals surface area contributed by atoms with E-state index in [4.69, 9.17) is 0 Å². The summed E-state index contributed by atoms with van der Waals surface area (Å²) in [5.41, 5.74) is 0. The fraction of sp³-hybridized carbons (Fsp3) is 0.900. The molecule has 1 amide bonds. The van der Waals surface area contributed by atoms with Crippen molar-refractivity contribution in [2.75, 3.05) is 13.1 Å². The Morgan fingerprint density at radius 2 is 2.00 bits per heavy atom. The molecule has 3 nitrogen and oxygen atoms in total. The first kappa shape index (κ1) is 9.00. The molecule has 0 aromatic carbocycles. The molecule has 1 aliphatic heterocycles. The SMILES string of the molecule is CC1CNCC1NC(=O)C1CC1C. The second-order valence-electron chi connectivity index (χ2n) is 4.57. The van der Waals surface area contributed by atoms with E-state index >= 15 is 0 Å². The summed E-state index contributed by atoms with van der Waals surface area (Å²) in [5, 5.41) is 6.40. The van der Waals surface area contributed by atoms with Gasteiger partial charge >= 0.3 is 0 Å². The lowest BCUT2D eigenvalue weighted by molar-refractivity contribution is -0.123. The van der Waals surface area contributed by atoms with Crippen molar-refractivity contribution in [3.05, 3.63) is 0 Å². The van der Waals surface area contributed by atoms with E-state index in [1.165, 1.54) is 0 Å². The molecule has 1 heterocycles. The third kappa shape index (κ3) is 1.85. The number of rotatable bonds is 2. The Morgan fingerprint density at radius 1 is 1.31 bits per heavy atom. The molecule has 13 heavy (non-hydrogen) atoms. The van der Waals surface area contributed by atoms with Crippen LogP contribution in [0.1, 0.15) is 20.3 Å². The van der Waals surface area contributed by atoms with Crippen molar-refractivity contribution < 1.29 is 4.79 Å². The molecule has 4 unspecified atom stereocenters. The van der Waals surface area contributed by atoms with Crippen LogP contribution in [0.4, 0.5) is 0 Å². The summed E-state index contributed by atoms with van der Waals surface area (Å²) < 4.78 is 0. The molecule has 0 radical (unpaired) electrons. The second-order valence-corrected chi connectivity index (χ2v) is 4.57. The molecule has 0 aromatic rings. The maximum Gasteiger partial charge on any atom is 0.223 e. The van der Waals surface area contributed by atoms with Crippen molar-refractivity contribution in [1.29, 1.82) is 0 Å². The number of carbonyl (C=O) groups excluding carboxylic acids is 1. The molecule has 0 spiro atoms. The van der Waals surface area contributed by atoms with Gasteiger partial charge in [0, 0.05) is 18.5 Å². The molecular formula is C10H18N2O. The lowest BCUT2D eigenvalue weighted by Gasteiger charge is -2.15. The Balaban J connectivity index is 1.80. The lowest BCUT2D eigenvalue weighted by atomic mass is 10.1. The van der Waals surface area contributed by atoms with E-state index in [-0.39, 0.29) is 5.91 Å². The quantitative estimate of drug-likeness (QED) is 0.647. The summed E-state index contributed by atoms with van der Waals surface area (Å²) in [6, 6.07) is 0.361. The van der Waals surface area contributed by atoms with Gasteiger partial charge < -0.3 is 10.6 Å². The van der Waals surface area contributed by atoms with E-state index in [0.717, 1.165) is 19.5 Å². The van der Waals surface area contributed by atoms with Gasteiger partial charge in [-0.1, -0.05) is 13.8 Å². The van der Waals surface area contributed by atoms with Crippen LogP contribution in [-0.2, 0) is 4.79 Å². The zero-order chi connectivity index (χ0) is 9.42. The Bertz CT molecular complexity index is 217. The maximum absolute atomic E-state index is 11.6. The summed E-state index contributed by atoms with van der Waals surface area (Å²) in [6.45, 7) is 6.29. The van der Waals surface area contributed by atoms with Crippen molar-refractivity contribution in [3.8, 4) is 0 Å². The van der Waals surface area contributed by atoms with Crippen molar-refractivity contribution in [1.82, 2.24) is 10.6 Å². The molecule has 2 fully saturated rings. The lowest BCUT2D eigenvalue weighted by Crippen LogP contribution is -2.40. The van der Waals surface area contributed by atoms with Crippen LogP contribution >= 0.6 is 0 Å². The van der Waals surface area contributed by atoms with Crippen LogP contribution in [0, 0.1) is 17.8 Å². The smallest absolute Gasteiger partial charge is 0.223 e. The normalized spacial score (nSPS) is 43.2. The number of amides is 1. The molecule has 2 rings (SSSR count). The zero-order valence-corrected chi connectivity index (χ0v) is 8.34. The molecule has 0 bridgehead atoms. The fourth-order valence-electron chi connectivity index (χ4n) is 1.98. The van der Waals surface area contributed by atoms with E-state index < -0.39 is 0 Å². The molecule has 1 saturated heterocycles. The molecule has 74 valence electrons. The van der Waals surface area contributed by atoms with Gasteiger partial charge in [-0.25, -0.2) is 0 Å². The molecule has 0 aromatic heterocycles. The third-order valence-electron chi connectivity index (χ3n) is 3.29. The van der Waals surface area contributed by atoms with Gasteiger partial charge in [0.15, 0.2) is 0 Å². The highest BCUT2D eigenvalue weighted by Gasteiger charge is 2.40. The highest BCUT2D eigenvalue weighted by atomic mass is 16.2. The van der Waals surface area contributed by atoms with E-state index in [1.807, 2.05) is 0 Å². The van der Waals surface area contributed by atoms with Crippen molar-refractivity contribution >= 4 is 5.91 Å². The van der Waals surface area contributed by atoms with Crippen LogP contribution in [0.5, 0.6) is 0 Å². The Labute approximate surface area is 79.3 Å². The van der Waals surface area contributed by atoms with Gasteiger partial charge in [0.1, 0.15) is 0 Å². The number of carbonyl (C=O) groups is 1. The van der Waals surface area contributed by atoms with Crippen LogP contribution in [0.15, 0.2) is 0 Å². The number of nitrogens with one attached hydrogen (secondary N) is 2. The Hall–Kier alpha value is -0.570. The highest BCUT2D eigenvalue weighted by Crippen LogP contribution is 2.37. The fourth-order valence-corrected chi connectivity index (χ4v) is 1.98. The first-order valence-corrected chi connectivity index (χ1v) is 5.19. The van der Waals surface area contributed by atoms with Gasteiger partial charge in [-0.3, -0.25) is 4.79 Å². The Morgan fingerprint density at radius 3 is 2.46 bits per heavy atom. The van der Waals surface area contributed by atoms with Gasteiger partial charge in [-0.2, -0.15) is 0 Å². The highest BCUT2D eigenvalue weighted by molar-refractivity contribution is 5.81. The van der Waals surface area contributed by atoms with Crippen molar-refractivity contribution in [3.63, 3.8) is 0 Å². The van der Waals surface area contributed by atoms with E-state index in [2.05, 4.69) is 24.5 Å². The van der Waals surface area contributed by atoms with Gasteiger partial charge in [0.25, 0.3) is 0 Å². The zero-order valence-electron chi connectivity index (χ0n) is 8.34. The van der Waals surface area contributed by atoms with Gasteiger partial charge in [-0.05, 0) is 24.8 Å². The summed E-state index contributed by atoms with van der Waals surface area (Å²) in [7, 11) is 0. The average molecular weight is 182 g/mol. The minimum atomic E-state index is 0.271. The standard InChI is InChI=1S/C10H18N2O/c1-6-3-8(6)10(13)12-9-5-11-4-7(9)2/h6-9,11H,3-5H2,1-2H3,(H,12,13). The summed E-state index contributed by atoms with van der Waals surface area (Å²) in [4.78, 5) is 11.6. The number of hydrogen-bond donors (Lipinski definition) is 2. The Kier molecular flexibility index (Phi) is 2.28. The summed E-state index contributed by atoms with van der Waals surface area (Å²) >= 11 is 0.